The molecular weight excluding hydrogens is 250 g/mol. The van der Waals surface area contributed by atoms with Crippen molar-refractivity contribution >= 4 is 23.6 Å². The number of para-hydroxylation sites is 1. The molecule has 0 radical (unpaired) electrons. The molecule has 0 N–H and O–H groups in total. The minimum atomic E-state index is -0.196. The Morgan fingerprint density at radius 1 is 0.950 bits per heavy atom. The Bertz CT molecular complexity index is 749. The molecule has 2 aliphatic heterocycles. The second-order valence-electron chi connectivity index (χ2n) is 4.75. The molecule has 0 fully saturated rings. The summed E-state index contributed by atoms with van der Waals surface area (Å²) in [6.07, 6.45) is 1.84. The number of hydrogen-bond donors (Lipinski definition) is 0. The third kappa shape index (κ3) is 1.51. The van der Waals surface area contributed by atoms with Crippen molar-refractivity contribution in [1.29, 1.82) is 0 Å². The summed E-state index contributed by atoms with van der Waals surface area (Å²) in [4.78, 5) is 16.4. The number of rotatable bonds is 1. The Hall–Kier alpha value is -2.75. The molecule has 0 aromatic heterocycles. The van der Waals surface area contributed by atoms with E-state index in [-0.39, 0.29) is 11.8 Å². The lowest BCUT2D eigenvalue weighted by Crippen LogP contribution is -2.30. The Kier molecular flexibility index (Phi) is 2.29. The van der Waals surface area contributed by atoms with Crippen molar-refractivity contribution in [3.05, 3.63) is 65.7 Å². The van der Waals surface area contributed by atoms with Gasteiger partial charge in [0.2, 0.25) is 0 Å². The highest BCUT2D eigenvalue weighted by molar-refractivity contribution is 6.23. The molecule has 4 rings (SSSR count). The third-order valence-corrected chi connectivity index (χ3v) is 3.57. The van der Waals surface area contributed by atoms with Crippen LogP contribution in [-0.4, -0.2) is 18.0 Å². The number of hydrazone groups is 1. The van der Waals surface area contributed by atoms with Crippen LogP contribution in [0.3, 0.4) is 0 Å². The molecule has 2 heterocycles. The number of hydrogen-bond acceptors (Lipinski definition) is 3. The van der Waals surface area contributed by atoms with Crippen LogP contribution in [0.15, 0.2) is 64.7 Å². The van der Waals surface area contributed by atoms with E-state index < -0.39 is 0 Å². The van der Waals surface area contributed by atoms with Crippen molar-refractivity contribution in [2.75, 3.05) is 5.01 Å². The van der Waals surface area contributed by atoms with Gasteiger partial charge >= 0.3 is 0 Å². The highest BCUT2D eigenvalue weighted by Gasteiger charge is 2.35. The maximum atomic E-state index is 12.1. The predicted octanol–water partition coefficient (Wildman–Crippen LogP) is 2.83. The smallest absolute Gasteiger partial charge is 0.267 e. The van der Waals surface area contributed by atoms with E-state index in [1.807, 2.05) is 60.8 Å². The van der Waals surface area contributed by atoms with Crippen LogP contribution >= 0.6 is 0 Å². The van der Waals surface area contributed by atoms with E-state index in [2.05, 4.69) is 10.1 Å². The summed E-state index contributed by atoms with van der Waals surface area (Å²) in [5.74, 6) is 0.447. The van der Waals surface area contributed by atoms with Crippen LogP contribution in [-0.2, 0) is 0 Å². The van der Waals surface area contributed by atoms with Crippen LogP contribution in [0.4, 0.5) is 5.69 Å². The summed E-state index contributed by atoms with van der Waals surface area (Å²) < 4.78 is 0. The SMILES string of the molecule is O=C1N=C2C(C=NN2c2ccccc2)c2ccccc21. The van der Waals surface area contributed by atoms with Gasteiger partial charge in [0.25, 0.3) is 5.91 Å². The van der Waals surface area contributed by atoms with E-state index in [1.54, 1.807) is 5.01 Å². The minimum absolute atomic E-state index is 0.0379. The van der Waals surface area contributed by atoms with Crippen molar-refractivity contribution in [2.24, 2.45) is 10.1 Å². The van der Waals surface area contributed by atoms with Crippen LogP contribution in [0.25, 0.3) is 0 Å². The zero-order valence-corrected chi connectivity index (χ0v) is 10.6. The average Bonchev–Trinajstić information content (AvgIpc) is 2.92. The van der Waals surface area contributed by atoms with Gasteiger partial charge in [-0.15, -0.1) is 0 Å². The maximum absolute atomic E-state index is 12.1. The van der Waals surface area contributed by atoms with Crippen molar-refractivity contribution < 1.29 is 4.79 Å². The fraction of sp³-hybridized carbons (Fsp3) is 0.0625. The topological polar surface area (TPSA) is 45.0 Å². The van der Waals surface area contributed by atoms with Crippen molar-refractivity contribution in [3.8, 4) is 0 Å². The average molecular weight is 261 g/mol. The summed E-state index contributed by atoms with van der Waals surface area (Å²) in [5, 5.41) is 6.14. The summed E-state index contributed by atoms with van der Waals surface area (Å²) >= 11 is 0. The number of amides is 1. The highest BCUT2D eigenvalue weighted by Crippen LogP contribution is 2.33. The minimum Gasteiger partial charge on any atom is -0.267 e. The van der Waals surface area contributed by atoms with E-state index in [0.717, 1.165) is 11.3 Å². The molecule has 4 nitrogen and oxygen atoms in total. The first-order chi connectivity index (χ1) is 9.84. The van der Waals surface area contributed by atoms with Crippen LogP contribution < -0.4 is 5.01 Å². The van der Waals surface area contributed by atoms with Crippen LogP contribution in [0, 0.1) is 0 Å². The molecular formula is C16H11N3O. The Balaban J connectivity index is 1.82. The first-order valence-corrected chi connectivity index (χ1v) is 6.46. The molecule has 0 aliphatic carbocycles. The van der Waals surface area contributed by atoms with Crippen LogP contribution in [0.5, 0.6) is 0 Å². The number of anilines is 1. The molecule has 20 heavy (non-hydrogen) atoms. The molecule has 1 unspecified atom stereocenters. The number of nitrogens with zero attached hydrogens (tertiary/aromatic N) is 3. The lowest BCUT2D eigenvalue weighted by atomic mass is 9.91. The number of carbonyl (C=O) groups is 1. The molecule has 0 spiro atoms. The van der Waals surface area contributed by atoms with Gasteiger partial charge in [-0.25, -0.2) is 5.01 Å². The Morgan fingerprint density at radius 2 is 1.70 bits per heavy atom. The fourth-order valence-electron chi connectivity index (χ4n) is 2.62. The van der Waals surface area contributed by atoms with Gasteiger partial charge in [0.1, 0.15) is 5.84 Å². The quantitative estimate of drug-likeness (QED) is 0.792. The molecule has 1 amide bonds. The molecule has 2 aliphatic rings. The summed E-state index contributed by atoms with van der Waals surface area (Å²) in [5.41, 5.74) is 2.56. The number of amidine groups is 1. The molecule has 0 saturated heterocycles. The molecule has 2 aromatic carbocycles. The second kappa shape index (κ2) is 4.13. The maximum Gasteiger partial charge on any atom is 0.279 e. The van der Waals surface area contributed by atoms with E-state index in [4.69, 9.17) is 0 Å². The fourth-order valence-corrected chi connectivity index (χ4v) is 2.62. The van der Waals surface area contributed by atoms with Gasteiger partial charge in [-0.1, -0.05) is 36.4 Å². The summed E-state index contributed by atoms with van der Waals surface area (Å²) in [6.45, 7) is 0. The first kappa shape index (κ1) is 11.1. The monoisotopic (exact) mass is 261 g/mol. The highest BCUT2D eigenvalue weighted by atomic mass is 16.1. The van der Waals surface area contributed by atoms with Crippen LogP contribution in [0.1, 0.15) is 21.8 Å². The van der Waals surface area contributed by atoms with Gasteiger partial charge < -0.3 is 0 Å². The largest absolute Gasteiger partial charge is 0.279 e. The number of carbonyl (C=O) groups excluding carboxylic acids is 1. The van der Waals surface area contributed by atoms with Crippen molar-refractivity contribution in [1.82, 2.24) is 0 Å². The van der Waals surface area contributed by atoms with E-state index in [1.165, 1.54) is 0 Å². The number of benzene rings is 2. The predicted molar refractivity (Wildman–Crippen MR) is 78.4 cm³/mol. The molecule has 0 bridgehead atoms. The molecule has 4 heteroatoms. The number of aliphatic imine (C=N–C) groups is 1. The van der Waals surface area contributed by atoms with Gasteiger partial charge in [0.15, 0.2) is 0 Å². The van der Waals surface area contributed by atoms with Crippen molar-refractivity contribution in [3.63, 3.8) is 0 Å². The second-order valence-corrected chi connectivity index (χ2v) is 4.75. The van der Waals surface area contributed by atoms with E-state index >= 15 is 0 Å². The van der Waals surface area contributed by atoms with Gasteiger partial charge in [-0.3, -0.25) is 4.79 Å². The normalized spacial score (nSPS) is 19.6. The molecule has 2 aromatic rings. The first-order valence-electron chi connectivity index (χ1n) is 6.46. The molecule has 1 atom stereocenters. The van der Waals surface area contributed by atoms with E-state index in [9.17, 15) is 4.79 Å². The van der Waals surface area contributed by atoms with Crippen molar-refractivity contribution in [2.45, 2.75) is 5.92 Å². The Morgan fingerprint density at radius 3 is 2.55 bits per heavy atom. The summed E-state index contributed by atoms with van der Waals surface area (Å²) in [6, 6.07) is 17.3. The summed E-state index contributed by atoms with van der Waals surface area (Å²) in [7, 11) is 0. The third-order valence-electron chi connectivity index (χ3n) is 3.57. The Labute approximate surface area is 116 Å². The zero-order valence-electron chi connectivity index (χ0n) is 10.6. The lowest BCUT2D eigenvalue weighted by Gasteiger charge is -2.22. The standard InChI is InChI=1S/C16H11N3O/c20-16-13-9-5-4-8-12(13)14-10-17-19(15(14)18-16)11-6-2-1-3-7-11/h1-10,14H. The van der Waals surface area contributed by atoms with Gasteiger partial charge in [-0.05, 0) is 23.8 Å². The zero-order chi connectivity index (χ0) is 13.5. The van der Waals surface area contributed by atoms with Crippen LogP contribution in [0.2, 0.25) is 0 Å². The van der Waals surface area contributed by atoms with Gasteiger partial charge in [-0.2, -0.15) is 10.1 Å². The molecule has 96 valence electrons. The van der Waals surface area contributed by atoms with Gasteiger partial charge in [0, 0.05) is 11.8 Å². The number of fused-ring (bicyclic) bond motifs is 3. The molecule has 0 saturated carbocycles. The lowest BCUT2D eigenvalue weighted by molar-refractivity contribution is 0.0999. The van der Waals surface area contributed by atoms with Gasteiger partial charge in [0.05, 0.1) is 11.6 Å². The van der Waals surface area contributed by atoms with E-state index in [0.29, 0.717) is 11.4 Å².